The molecule has 11 heavy (non-hydrogen) atoms. The van der Waals surface area contributed by atoms with E-state index in [0.717, 1.165) is 19.3 Å². The average Bonchev–Trinajstić information content (AvgIpc) is 2.50. The van der Waals surface area contributed by atoms with E-state index < -0.39 is 0 Å². The molecule has 1 saturated carbocycles. The van der Waals surface area contributed by atoms with Crippen molar-refractivity contribution < 1.29 is 14.6 Å². The fourth-order valence-electron chi connectivity index (χ4n) is 1.72. The molecule has 0 unspecified atom stereocenters. The lowest BCUT2D eigenvalue weighted by atomic mass is 9.97. The Hall–Kier alpha value is -0.570. The van der Waals surface area contributed by atoms with Crippen molar-refractivity contribution in [1.82, 2.24) is 0 Å². The fourth-order valence-corrected chi connectivity index (χ4v) is 1.72. The lowest BCUT2D eigenvalue weighted by Crippen LogP contribution is -2.22. The smallest absolute Gasteiger partial charge is 0.309 e. The van der Waals surface area contributed by atoms with Crippen LogP contribution >= 0.6 is 0 Å². The van der Waals surface area contributed by atoms with E-state index >= 15 is 0 Å². The number of hydrogen-bond acceptors (Lipinski definition) is 3. The lowest BCUT2D eigenvalue weighted by molar-refractivity contribution is -0.147. The molecule has 0 aromatic carbocycles. The molecule has 1 fully saturated rings. The predicted molar refractivity (Wildman–Crippen MR) is 39.9 cm³/mol. The topological polar surface area (TPSA) is 46.5 Å². The van der Waals surface area contributed by atoms with Gasteiger partial charge in [-0.15, -0.1) is 0 Å². The summed E-state index contributed by atoms with van der Waals surface area (Å²) < 4.78 is 4.62. The molecular weight excluding hydrogens is 144 g/mol. The van der Waals surface area contributed by atoms with Crippen molar-refractivity contribution in [2.75, 3.05) is 13.7 Å². The Morgan fingerprint density at radius 2 is 2.36 bits per heavy atom. The van der Waals surface area contributed by atoms with Crippen LogP contribution in [0, 0.1) is 11.8 Å². The second-order valence-corrected chi connectivity index (χ2v) is 3.00. The van der Waals surface area contributed by atoms with Gasteiger partial charge in [-0.3, -0.25) is 4.79 Å². The van der Waals surface area contributed by atoms with E-state index in [-0.39, 0.29) is 24.4 Å². The van der Waals surface area contributed by atoms with E-state index in [0.29, 0.717) is 0 Å². The third-order valence-corrected chi connectivity index (χ3v) is 2.40. The van der Waals surface area contributed by atoms with Crippen LogP contribution in [0.2, 0.25) is 0 Å². The molecule has 0 saturated heterocycles. The van der Waals surface area contributed by atoms with Crippen molar-refractivity contribution in [3.63, 3.8) is 0 Å². The molecule has 1 aliphatic rings. The van der Waals surface area contributed by atoms with Gasteiger partial charge >= 0.3 is 5.97 Å². The molecule has 0 radical (unpaired) electrons. The van der Waals surface area contributed by atoms with Gasteiger partial charge in [-0.25, -0.2) is 0 Å². The van der Waals surface area contributed by atoms with Crippen molar-refractivity contribution >= 4 is 5.97 Å². The van der Waals surface area contributed by atoms with Crippen molar-refractivity contribution in [3.8, 4) is 0 Å². The molecule has 2 atom stereocenters. The van der Waals surface area contributed by atoms with Crippen LogP contribution < -0.4 is 0 Å². The van der Waals surface area contributed by atoms with E-state index in [4.69, 9.17) is 5.11 Å². The van der Waals surface area contributed by atoms with Gasteiger partial charge in [-0.05, 0) is 18.8 Å². The first-order chi connectivity index (χ1) is 5.29. The summed E-state index contributed by atoms with van der Waals surface area (Å²) in [5, 5.41) is 8.87. The number of hydrogen-bond donors (Lipinski definition) is 1. The SMILES string of the molecule is COC(=O)[C@H]1CCC[C@@H]1CO. The number of esters is 1. The van der Waals surface area contributed by atoms with E-state index in [2.05, 4.69) is 4.74 Å². The molecule has 0 spiro atoms. The van der Waals surface area contributed by atoms with Gasteiger partial charge in [0.15, 0.2) is 0 Å². The first kappa shape index (κ1) is 8.53. The average molecular weight is 158 g/mol. The summed E-state index contributed by atoms with van der Waals surface area (Å²) in [7, 11) is 1.40. The van der Waals surface area contributed by atoms with Gasteiger partial charge in [0.25, 0.3) is 0 Å². The Balaban J connectivity index is 2.49. The molecule has 3 nitrogen and oxygen atoms in total. The Morgan fingerprint density at radius 3 is 2.91 bits per heavy atom. The molecule has 0 aromatic rings. The zero-order valence-corrected chi connectivity index (χ0v) is 6.75. The standard InChI is InChI=1S/C8H14O3/c1-11-8(10)7-4-2-3-6(7)5-9/h6-7,9H,2-5H2,1H3/t6-,7+/m1/s1. The molecule has 1 N–H and O–H groups in total. The molecule has 0 aromatic heterocycles. The first-order valence-corrected chi connectivity index (χ1v) is 3.98. The van der Waals surface area contributed by atoms with Crippen molar-refractivity contribution in [3.05, 3.63) is 0 Å². The molecule has 64 valence electrons. The highest BCUT2D eigenvalue weighted by atomic mass is 16.5. The largest absolute Gasteiger partial charge is 0.469 e. The van der Waals surface area contributed by atoms with Crippen LogP contribution in [0.15, 0.2) is 0 Å². The molecule has 1 rings (SSSR count). The molecule has 0 heterocycles. The second-order valence-electron chi connectivity index (χ2n) is 3.00. The second kappa shape index (κ2) is 3.72. The highest BCUT2D eigenvalue weighted by Crippen LogP contribution is 2.31. The van der Waals surface area contributed by atoms with Crippen LogP contribution in [0.1, 0.15) is 19.3 Å². The lowest BCUT2D eigenvalue weighted by Gasteiger charge is -2.13. The zero-order chi connectivity index (χ0) is 8.27. The molecular formula is C8H14O3. The van der Waals surface area contributed by atoms with Gasteiger partial charge in [-0.2, -0.15) is 0 Å². The number of aliphatic hydroxyl groups is 1. The van der Waals surface area contributed by atoms with Crippen LogP contribution in [0.4, 0.5) is 0 Å². The maximum absolute atomic E-state index is 11.1. The van der Waals surface area contributed by atoms with Gasteiger partial charge in [0, 0.05) is 6.61 Å². The molecule has 0 aliphatic heterocycles. The monoisotopic (exact) mass is 158 g/mol. The zero-order valence-electron chi connectivity index (χ0n) is 6.75. The van der Waals surface area contributed by atoms with Crippen LogP contribution in [-0.4, -0.2) is 24.8 Å². The summed E-state index contributed by atoms with van der Waals surface area (Å²) in [6.45, 7) is 0.111. The van der Waals surface area contributed by atoms with Crippen LogP contribution in [0.25, 0.3) is 0 Å². The van der Waals surface area contributed by atoms with Crippen LogP contribution in [-0.2, 0) is 9.53 Å². The summed E-state index contributed by atoms with van der Waals surface area (Å²) >= 11 is 0. The van der Waals surface area contributed by atoms with Crippen LogP contribution in [0.5, 0.6) is 0 Å². The summed E-state index contributed by atoms with van der Waals surface area (Å²) in [6, 6.07) is 0. The van der Waals surface area contributed by atoms with Crippen molar-refractivity contribution in [2.45, 2.75) is 19.3 Å². The number of carbonyl (C=O) groups excluding carboxylic acids is 1. The predicted octanol–water partition coefficient (Wildman–Crippen LogP) is 0.568. The third-order valence-electron chi connectivity index (χ3n) is 2.40. The maximum atomic E-state index is 11.1. The van der Waals surface area contributed by atoms with Gasteiger partial charge in [-0.1, -0.05) is 6.42 Å². The number of carbonyl (C=O) groups is 1. The van der Waals surface area contributed by atoms with Gasteiger partial charge in [0.2, 0.25) is 0 Å². The number of aliphatic hydroxyl groups excluding tert-OH is 1. The van der Waals surface area contributed by atoms with E-state index in [9.17, 15) is 4.79 Å². The van der Waals surface area contributed by atoms with Crippen molar-refractivity contribution in [1.29, 1.82) is 0 Å². The number of methoxy groups -OCH3 is 1. The van der Waals surface area contributed by atoms with E-state index in [1.54, 1.807) is 0 Å². The quantitative estimate of drug-likeness (QED) is 0.597. The molecule has 3 heteroatoms. The Kier molecular flexibility index (Phi) is 2.88. The van der Waals surface area contributed by atoms with Gasteiger partial charge in [0.05, 0.1) is 13.0 Å². The normalized spacial score (nSPS) is 30.4. The maximum Gasteiger partial charge on any atom is 0.309 e. The van der Waals surface area contributed by atoms with E-state index in [1.807, 2.05) is 0 Å². The van der Waals surface area contributed by atoms with Gasteiger partial charge < -0.3 is 9.84 Å². The minimum Gasteiger partial charge on any atom is -0.469 e. The Bertz CT molecular complexity index is 144. The number of rotatable bonds is 2. The highest BCUT2D eigenvalue weighted by molar-refractivity contribution is 5.72. The molecule has 1 aliphatic carbocycles. The minimum atomic E-state index is -0.165. The van der Waals surface area contributed by atoms with Crippen LogP contribution in [0.3, 0.4) is 0 Å². The molecule has 0 bridgehead atoms. The summed E-state index contributed by atoms with van der Waals surface area (Å²) in [5.41, 5.74) is 0. The number of ether oxygens (including phenoxy) is 1. The molecule has 0 amide bonds. The summed E-state index contributed by atoms with van der Waals surface area (Å²) in [4.78, 5) is 11.1. The summed E-state index contributed by atoms with van der Waals surface area (Å²) in [5.74, 6) is -0.0750. The van der Waals surface area contributed by atoms with Gasteiger partial charge in [0.1, 0.15) is 0 Å². The minimum absolute atomic E-state index is 0.0509. The van der Waals surface area contributed by atoms with Crippen molar-refractivity contribution in [2.24, 2.45) is 11.8 Å². The Labute approximate surface area is 66.4 Å². The summed E-state index contributed by atoms with van der Waals surface area (Å²) in [6.07, 6.45) is 2.86. The van der Waals surface area contributed by atoms with E-state index in [1.165, 1.54) is 7.11 Å². The fraction of sp³-hybridized carbons (Fsp3) is 0.875. The first-order valence-electron chi connectivity index (χ1n) is 3.98. The highest BCUT2D eigenvalue weighted by Gasteiger charge is 2.32. The third kappa shape index (κ3) is 1.71. The Morgan fingerprint density at radius 1 is 1.64 bits per heavy atom.